The van der Waals surface area contributed by atoms with Crippen molar-refractivity contribution in [2.24, 2.45) is 0 Å². The standard InChI is InChI=1S/C20H23ClN4O3/c1-14(26)22-15-7-8-17(16(21)13-15)23-20(27)25-11-9-24(10-12-25)18-5-3-4-6-19(18)28-2/h3-8,13H,9-12H2,1-2H3,(H,22,26)(H,23,27). The molecule has 3 rings (SSSR count). The fourth-order valence-electron chi connectivity index (χ4n) is 3.13. The van der Waals surface area contributed by atoms with Gasteiger partial charge in [0, 0.05) is 38.8 Å². The van der Waals surface area contributed by atoms with Crippen molar-refractivity contribution in [1.29, 1.82) is 0 Å². The van der Waals surface area contributed by atoms with Crippen molar-refractivity contribution in [3.05, 3.63) is 47.5 Å². The van der Waals surface area contributed by atoms with Crippen LogP contribution in [0.15, 0.2) is 42.5 Å². The number of para-hydroxylation sites is 2. The average Bonchev–Trinajstić information content (AvgIpc) is 2.69. The minimum absolute atomic E-state index is 0.180. The highest BCUT2D eigenvalue weighted by molar-refractivity contribution is 6.34. The molecule has 1 aliphatic rings. The lowest BCUT2D eigenvalue weighted by Crippen LogP contribution is -2.50. The minimum Gasteiger partial charge on any atom is -0.495 e. The molecule has 7 nitrogen and oxygen atoms in total. The molecular weight excluding hydrogens is 380 g/mol. The van der Waals surface area contributed by atoms with Crippen LogP contribution < -0.4 is 20.3 Å². The Labute approximate surface area is 169 Å². The highest BCUT2D eigenvalue weighted by atomic mass is 35.5. The van der Waals surface area contributed by atoms with E-state index in [4.69, 9.17) is 16.3 Å². The summed E-state index contributed by atoms with van der Waals surface area (Å²) in [7, 11) is 1.66. The van der Waals surface area contributed by atoms with Crippen LogP contribution in [0.5, 0.6) is 5.75 Å². The Bertz CT molecular complexity index is 866. The van der Waals surface area contributed by atoms with Crippen molar-refractivity contribution < 1.29 is 14.3 Å². The van der Waals surface area contributed by atoms with E-state index < -0.39 is 0 Å². The molecule has 2 N–H and O–H groups in total. The Balaban J connectivity index is 1.59. The fraction of sp³-hybridized carbons (Fsp3) is 0.300. The van der Waals surface area contributed by atoms with Gasteiger partial charge in [-0.3, -0.25) is 4.79 Å². The van der Waals surface area contributed by atoms with E-state index in [9.17, 15) is 9.59 Å². The van der Waals surface area contributed by atoms with Gasteiger partial charge in [-0.2, -0.15) is 0 Å². The van der Waals surface area contributed by atoms with Crippen LogP contribution in [0.25, 0.3) is 0 Å². The average molecular weight is 403 g/mol. The highest BCUT2D eigenvalue weighted by Gasteiger charge is 2.23. The van der Waals surface area contributed by atoms with Crippen LogP contribution >= 0.6 is 11.6 Å². The summed E-state index contributed by atoms with van der Waals surface area (Å²) in [6.45, 7) is 4.03. The molecule has 1 saturated heterocycles. The molecule has 28 heavy (non-hydrogen) atoms. The summed E-state index contributed by atoms with van der Waals surface area (Å²) < 4.78 is 5.42. The molecular formula is C20H23ClN4O3. The highest BCUT2D eigenvalue weighted by Crippen LogP contribution is 2.29. The SMILES string of the molecule is COc1ccccc1N1CCN(C(=O)Nc2ccc(NC(C)=O)cc2Cl)CC1. The van der Waals surface area contributed by atoms with E-state index >= 15 is 0 Å². The third-order valence-corrected chi connectivity index (χ3v) is 4.84. The van der Waals surface area contributed by atoms with Crippen LogP contribution in [0.4, 0.5) is 21.9 Å². The fourth-order valence-corrected chi connectivity index (χ4v) is 3.36. The maximum atomic E-state index is 12.6. The number of anilines is 3. The van der Waals surface area contributed by atoms with Crippen LogP contribution in [-0.4, -0.2) is 50.1 Å². The van der Waals surface area contributed by atoms with Gasteiger partial charge in [0.25, 0.3) is 0 Å². The van der Waals surface area contributed by atoms with Gasteiger partial charge < -0.3 is 25.2 Å². The van der Waals surface area contributed by atoms with Crippen LogP contribution in [0.3, 0.4) is 0 Å². The van der Waals surface area contributed by atoms with Gasteiger partial charge >= 0.3 is 6.03 Å². The van der Waals surface area contributed by atoms with Crippen molar-refractivity contribution in [2.75, 3.05) is 48.8 Å². The zero-order valence-corrected chi connectivity index (χ0v) is 16.6. The summed E-state index contributed by atoms with van der Waals surface area (Å²) in [4.78, 5) is 27.7. The number of urea groups is 1. The predicted molar refractivity (Wildman–Crippen MR) is 112 cm³/mol. The molecule has 0 spiro atoms. The molecule has 0 aromatic heterocycles. The van der Waals surface area contributed by atoms with E-state index in [2.05, 4.69) is 15.5 Å². The van der Waals surface area contributed by atoms with Crippen molar-refractivity contribution >= 4 is 40.6 Å². The molecule has 8 heteroatoms. The van der Waals surface area contributed by atoms with Crippen LogP contribution in [0.1, 0.15) is 6.92 Å². The van der Waals surface area contributed by atoms with E-state index in [0.717, 1.165) is 11.4 Å². The Morgan fingerprint density at radius 3 is 2.39 bits per heavy atom. The zero-order chi connectivity index (χ0) is 20.1. The normalized spacial score (nSPS) is 13.8. The molecule has 1 heterocycles. The summed E-state index contributed by atoms with van der Waals surface area (Å²) in [5, 5.41) is 5.86. The molecule has 2 aromatic rings. The number of nitrogens with zero attached hydrogens (tertiary/aromatic N) is 2. The van der Waals surface area contributed by atoms with Gasteiger partial charge in [0.1, 0.15) is 5.75 Å². The topological polar surface area (TPSA) is 73.9 Å². The lowest BCUT2D eigenvalue weighted by molar-refractivity contribution is -0.114. The maximum absolute atomic E-state index is 12.6. The molecule has 0 aliphatic carbocycles. The maximum Gasteiger partial charge on any atom is 0.322 e. The summed E-state index contributed by atoms with van der Waals surface area (Å²) in [6.07, 6.45) is 0. The number of piperazine rings is 1. The van der Waals surface area contributed by atoms with Gasteiger partial charge in [-0.15, -0.1) is 0 Å². The molecule has 0 radical (unpaired) electrons. The first kappa shape index (κ1) is 19.8. The van der Waals surface area contributed by atoms with E-state index in [0.29, 0.717) is 42.6 Å². The number of hydrogen-bond donors (Lipinski definition) is 2. The molecule has 3 amide bonds. The van der Waals surface area contributed by atoms with Crippen molar-refractivity contribution in [3.8, 4) is 5.75 Å². The van der Waals surface area contributed by atoms with Crippen molar-refractivity contribution in [1.82, 2.24) is 4.90 Å². The second kappa shape index (κ2) is 8.84. The molecule has 0 atom stereocenters. The number of ether oxygens (including phenoxy) is 1. The Morgan fingerprint density at radius 1 is 1.04 bits per heavy atom. The van der Waals surface area contributed by atoms with Gasteiger partial charge in [0.2, 0.25) is 5.91 Å². The van der Waals surface area contributed by atoms with Gasteiger partial charge in [-0.1, -0.05) is 23.7 Å². The third-order valence-electron chi connectivity index (χ3n) is 4.52. The number of nitrogens with one attached hydrogen (secondary N) is 2. The van der Waals surface area contributed by atoms with Crippen molar-refractivity contribution in [2.45, 2.75) is 6.92 Å². The number of rotatable bonds is 4. The summed E-state index contributed by atoms with van der Waals surface area (Å²) in [5.41, 5.74) is 2.12. The largest absolute Gasteiger partial charge is 0.495 e. The van der Waals surface area contributed by atoms with E-state index in [1.165, 1.54) is 6.92 Å². The lowest BCUT2D eigenvalue weighted by atomic mass is 10.2. The van der Waals surface area contributed by atoms with Crippen LogP contribution in [0, 0.1) is 0 Å². The molecule has 148 valence electrons. The van der Waals surface area contributed by atoms with E-state index in [1.807, 2.05) is 24.3 Å². The molecule has 0 unspecified atom stereocenters. The second-order valence-corrected chi connectivity index (χ2v) is 6.86. The zero-order valence-electron chi connectivity index (χ0n) is 15.9. The van der Waals surface area contributed by atoms with E-state index in [1.54, 1.807) is 30.2 Å². The monoisotopic (exact) mass is 402 g/mol. The third kappa shape index (κ3) is 4.67. The molecule has 0 bridgehead atoms. The van der Waals surface area contributed by atoms with Gasteiger partial charge in [0.15, 0.2) is 0 Å². The van der Waals surface area contributed by atoms with Gasteiger partial charge in [-0.05, 0) is 30.3 Å². The number of amides is 3. The van der Waals surface area contributed by atoms with Gasteiger partial charge in [-0.25, -0.2) is 4.79 Å². The Hall–Kier alpha value is -2.93. The number of halogens is 1. The van der Waals surface area contributed by atoms with Gasteiger partial charge in [0.05, 0.1) is 23.5 Å². The lowest BCUT2D eigenvalue weighted by Gasteiger charge is -2.36. The smallest absolute Gasteiger partial charge is 0.322 e. The van der Waals surface area contributed by atoms with Crippen LogP contribution in [0.2, 0.25) is 5.02 Å². The number of benzene rings is 2. The number of carbonyl (C=O) groups excluding carboxylic acids is 2. The molecule has 1 aliphatic heterocycles. The quantitative estimate of drug-likeness (QED) is 0.818. The first-order valence-electron chi connectivity index (χ1n) is 8.99. The van der Waals surface area contributed by atoms with E-state index in [-0.39, 0.29) is 11.9 Å². The number of hydrogen-bond acceptors (Lipinski definition) is 4. The first-order chi connectivity index (χ1) is 13.5. The van der Waals surface area contributed by atoms with Crippen LogP contribution in [-0.2, 0) is 4.79 Å². The molecule has 2 aromatic carbocycles. The number of carbonyl (C=O) groups is 2. The summed E-state index contributed by atoms with van der Waals surface area (Å²) in [5.74, 6) is 0.646. The van der Waals surface area contributed by atoms with Crippen molar-refractivity contribution in [3.63, 3.8) is 0 Å². The molecule has 1 fully saturated rings. The summed E-state index contributed by atoms with van der Waals surface area (Å²) in [6, 6.07) is 12.6. The summed E-state index contributed by atoms with van der Waals surface area (Å²) >= 11 is 6.23. The first-order valence-corrected chi connectivity index (χ1v) is 9.37. The number of methoxy groups -OCH3 is 1. The predicted octanol–water partition coefficient (Wildman–Crippen LogP) is 3.66. The Morgan fingerprint density at radius 2 is 1.75 bits per heavy atom. The molecule has 0 saturated carbocycles. The minimum atomic E-state index is -0.200. The second-order valence-electron chi connectivity index (χ2n) is 6.45. The Kier molecular flexibility index (Phi) is 6.26.